The Kier molecular flexibility index (Phi) is 2.46. The van der Waals surface area contributed by atoms with Crippen molar-refractivity contribution in [1.29, 1.82) is 0 Å². The number of H-pyrrole nitrogens is 1. The summed E-state index contributed by atoms with van der Waals surface area (Å²) in [4.78, 5) is 11.6. The Bertz CT molecular complexity index is 705. The van der Waals surface area contributed by atoms with E-state index >= 15 is 0 Å². The Morgan fingerprint density at radius 2 is 2.17 bits per heavy atom. The highest BCUT2D eigenvalue weighted by Gasteiger charge is 2.09. The van der Waals surface area contributed by atoms with Gasteiger partial charge in [-0.3, -0.25) is 4.98 Å². The summed E-state index contributed by atoms with van der Waals surface area (Å²) in [5.41, 5.74) is 9.63. The predicted octanol–water partition coefficient (Wildman–Crippen LogP) is 1.70. The van der Waals surface area contributed by atoms with Crippen LogP contribution in [-0.2, 0) is 6.61 Å². The Hall–Kier alpha value is -2.40. The number of hydrogen-bond donors (Lipinski definition) is 3. The molecule has 5 nitrogen and oxygen atoms in total. The Morgan fingerprint density at radius 1 is 1.28 bits per heavy atom. The number of fused-ring (bicyclic) bond motifs is 1. The minimum Gasteiger partial charge on any atom is -0.398 e. The summed E-state index contributed by atoms with van der Waals surface area (Å²) in [6.07, 6.45) is 3.49. The molecule has 3 aromatic heterocycles. The van der Waals surface area contributed by atoms with Crippen molar-refractivity contribution in [3.8, 4) is 11.3 Å². The Morgan fingerprint density at radius 3 is 3.00 bits per heavy atom. The van der Waals surface area contributed by atoms with Crippen molar-refractivity contribution in [2.45, 2.75) is 6.61 Å². The number of aromatic nitrogens is 3. The van der Waals surface area contributed by atoms with Gasteiger partial charge in [-0.25, -0.2) is 4.98 Å². The third-order valence-electron chi connectivity index (χ3n) is 2.87. The summed E-state index contributed by atoms with van der Waals surface area (Å²) in [6, 6.07) is 7.35. The van der Waals surface area contributed by atoms with Gasteiger partial charge in [0.05, 0.1) is 23.7 Å². The summed E-state index contributed by atoms with van der Waals surface area (Å²) in [7, 11) is 0. The first-order valence-corrected chi connectivity index (χ1v) is 5.58. The molecule has 3 aromatic rings. The number of pyridine rings is 2. The molecule has 90 valence electrons. The topological polar surface area (TPSA) is 87.8 Å². The molecule has 0 aliphatic carbocycles. The molecular weight excluding hydrogens is 228 g/mol. The second kappa shape index (κ2) is 4.12. The van der Waals surface area contributed by atoms with Gasteiger partial charge in [0.25, 0.3) is 0 Å². The summed E-state index contributed by atoms with van der Waals surface area (Å²) >= 11 is 0. The van der Waals surface area contributed by atoms with E-state index in [2.05, 4.69) is 15.0 Å². The summed E-state index contributed by atoms with van der Waals surface area (Å²) in [5, 5.41) is 9.98. The maximum absolute atomic E-state index is 9.10. The number of hydrogen-bond acceptors (Lipinski definition) is 4. The number of nitrogens with zero attached hydrogens (tertiary/aromatic N) is 2. The molecule has 3 heterocycles. The smallest absolute Gasteiger partial charge is 0.139 e. The van der Waals surface area contributed by atoms with Crippen LogP contribution >= 0.6 is 0 Å². The average molecular weight is 240 g/mol. The molecule has 0 aromatic carbocycles. The molecule has 3 rings (SSSR count). The first kappa shape index (κ1) is 10.7. The molecule has 0 aliphatic heterocycles. The van der Waals surface area contributed by atoms with Crippen molar-refractivity contribution < 1.29 is 5.11 Å². The number of aromatic amines is 1. The molecule has 0 radical (unpaired) electrons. The maximum Gasteiger partial charge on any atom is 0.139 e. The van der Waals surface area contributed by atoms with Gasteiger partial charge in [-0.15, -0.1) is 0 Å². The number of nitrogens with one attached hydrogen (secondary N) is 1. The van der Waals surface area contributed by atoms with Crippen LogP contribution < -0.4 is 5.73 Å². The summed E-state index contributed by atoms with van der Waals surface area (Å²) < 4.78 is 0. The molecule has 0 atom stereocenters. The summed E-state index contributed by atoms with van der Waals surface area (Å²) in [6.45, 7) is -0.0897. The molecule has 0 saturated heterocycles. The zero-order chi connectivity index (χ0) is 12.5. The van der Waals surface area contributed by atoms with E-state index < -0.39 is 0 Å². The van der Waals surface area contributed by atoms with E-state index in [0.717, 1.165) is 22.3 Å². The van der Waals surface area contributed by atoms with Gasteiger partial charge < -0.3 is 15.8 Å². The quantitative estimate of drug-likeness (QED) is 0.636. The van der Waals surface area contributed by atoms with Crippen molar-refractivity contribution >= 4 is 16.7 Å². The Balaban J connectivity index is 2.21. The second-order valence-corrected chi connectivity index (χ2v) is 4.00. The van der Waals surface area contributed by atoms with Gasteiger partial charge in [-0.2, -0.15) is 0 Å². The predicted molar refractivity (Wildman–Crippen MR) is 69.7 cm³/mol. The van der Waals surface area contributed by atoms with E-state index in [9.17, 15) is 0 Å². The molecule has 18 heavy (non-hydrogen) atoms. The molecule has 0 bridgehead atoms. The molecule has 0 amide bonds. The standard InChI is InChI=1S/C13H12N4O/c14-12-9-4-5-15-13(9)16-6-10(12)11-3-1-2-8(7-18)17-11/h1-6,18H,7H2,(H3,14,15,16). The van der Waals surface area contributed by atoms with Crippen molar-refractivity contribution in [2.24, 2.45) is 0 Å². The minimum atomic E-state index is -0.0897. The van der Waals surface area contributed by atoms with Crippen LogP contribution in [0.15, 0.2) is 36.7 Å². The minimum absolute atomic E-state index is 0.0897. The molecule has 0 fully saturated rings. The molecule has 4 N–H and O–H groups in total. The summed E-state index contributed by atoms with van der Waals surface area (Å²) in [5.74, 6) is 0. The SMILES string of the molecule is Nc1c(-c2cccc(CO)n2)cnc2[nH]ccc12. The van der Waals surface area contributed by atoms with Crippen LogP contribution in [0.5, 0.6) is 0 Å². The zero-order valence-electron chi connectivity index (χ0n) is 9.59. The van der Waals surface area contributed by atoms with E-state index in [-0.39, 0.29) is 6.61 Å². The average Bonchev–Trinajstić information content (AvgIpc) is 2.88. The molecular formula is C13H12N4O. The lowest BCUT2D eigenvalue weighted by molar-refractivity contribution is 0.277. The van der Waals surface area contributed by atoms with Crippen LogP contribution in [0.3, 0.4) is 0 Å². The van der Waals surface area contributed by atoms with Crippen LogP contribution in [0.4, 0.5) is 5.69 Å². The van der Waals surface area contributed by atoms with Gasteiger partial charge in [-0.05, 0) is 18.2 Å². The highest BCUT2D eigenvalue weighted by Crippen LogP contribution is 2.29. The fourth-order valence-electron chi connectivity index (χ4n) is 1.95. The van der Waals surface area contributed by atoms with Crippen molar-refractivity contribution in [2.75, 3.05) is 5.73 Å². The lowest BCUT2D eigenvalue weighted by Gasteiger charge is -2.06. The third-order valence-corrected chi connectivity index (χ3v) is 2.87. The number of aliphatic hydroxyl groups excluding tert-OH is 1. The largest absolute Gasteiger partial charge is 0.398 e. The van der Waals surface area contributed by atoms with Gasteiger partial charge in [-0.1, -0.05) is 6.07 Å². The molecule has 0 spiro atoms. The number of nitrogen functional groups attached to an aromatic ring is 1. The van der Waals surface area contributed by atoms with E-state index in [0.29, 0.717) is 11.4 Å². The van der Waals surface area contributed by atoms with Crippen LogP contribution in [0, 0.1) is 0 Å². The van der Waals surface area contributed by atoms with E-state index in [1.54, 1.807) is 18.5 Å². The maximum atomic E-state index is 9.10. The van der Waals surface area contributed by atoms with Crippen molar-refractivity contribution in [3.05, 3.63) is 42.4 Å². The van der Waals surface area contributed by atoms with Crippen LogP contribution in [0.1, 0.15) is 5.69 Å². The van der Waals surface area contributed by atoms with E-state index in [4.69, 9.17) is 10.8 Å². The normalized spacial score (nSPS) is 10.9. The molecule has 5 heteroatoms. The number of anilines is 1. The Labute approximate surface area is 103 Å². The van der Waals surface area contributed by atoms with Gasteiger partial charge in [0.15, 0.2) is 0 Å². The second-order valence-electron chi connectivity index (χ2n) is 4.00. The van der Waals surface area contributed by atoms with Crippen molar-refractivity contribution in [1.82, 2.24) is 15.0 Å². The number of rotatable bonds is 2. The van der Waals surface area contributed by atoms with Crippen LogP contribution in [-0.4, -0.2) is 20.1 Å². The lowest BCUT2D eigenvalue weighted by atomic mass is 10.1. The monoisotopic (exact) mass is 240 g/mol. The highest BCUT2D eigenvalue weighted by molar-refractivity contribution is 5.96. The fraction of sp³-hybridized carbons (Fsp3) is 0.0769. The molecule has 0 unspecified atom stereocenters. The lowest BCUT2D eigenvalue weighted by Crippen LogP contribution is -1.96. The van der Waals surface area contributed by atoms with Gasteiger partial charge in [0.1, 0.15) is 5.65 Å². The first-order chi connectivity index (χ1) is 8.79. The zero-order valence-corrected chi connectivity index (χ0v) is 9.59. The van der Waals surface area contributed by atoms with E-state index in [1.807, 2.05) is 18.2 Å². The highest BCUT2D eigenvalue weighted by atomic mass is 16.3. The molecule has 0 saturated carbocycles. The number of aliphatic hydroxyl groups is 1. The van der Waals surface area contributed by atoms with Gasteiger partial charge in [0, 0.05) is 23.3 Å². The fourth-order valence-corrected chi connectivity index (χ4v) is 1.95. The van der Waals surface area contributed by atoms with Crippen LogP contribution in [0.25, 0.3) is 22.3 Å². The molecule has 0 aliphatic rings. The third kappa shape index (κ3) is 1.61. The van der Waals surface area contributed by atoms with Gasteiger partial charge >= 0.3 is 0 Å². The number of nitrogens with two attached hydrogens (primary N) is 1. The van der Waals surface area contributed by atoms with Crippen molar-refractivity contribution in [3.63, 3.8) is 0 Å². The van der Waals surface area contributed by atoms with E-state index in [1.165, 1.54) is 0 Å². The van der Waals surface area contributed by atoms with Gasteiger partial charge in [0.2, 0.25) is 0 Å². The van der Waals surface area contributed by atoms with Crippen LogP contribution in [0.2, 0.25) is 0 Å². The first-order valence-electron chi connectivity index (χ1n) is 5.58.